The Kier molecular flexibility index (Phi) is 8.55. The lowest BCUT2D eigenvalue weighted by atomic mass is 10.0. The van der Waals surface area contributed by atoms with Gasteiger partial charge in [-0.15, -0.1) is 0 Å². The molecule has 1 aromatic rings. The summed E-state index contributed by atoms with van der Waals surface area (Å²) >= 11 is 0. The minimum Gasteiger partial charge on any atom is -0.508 e. The highest BCUT2D eigenvalue weighted by Crippen LogP contribution is 2.11. The summed E-state index contributed by atoms with van der Waals surface area (Å²) in [4.78, 5) is 57.5. The van der Waals surface area contributed by atoms with Crippen molar-refractivity contribution >= 4 is 29.7 Å². The standard InChI is InChI=1S/C17H22N4O8/c18-10(5-8-1-3-9(22)4-2-8)15(26)20-11(7-14(24)25)16(27)21-12(17(28)29)6-13(19)23/h1-4,10-12,22H,5-7,18H2,(H2,19,23)(H,20,26)(H,21,27)(H,24,25)(H,28,29)/t10-,11-,12-/m0/s1. The Bertz CT molecular complexity index is 780. The Hall–Kier alpha value is -3.67. The van der Waals surface area contributed by atoms with E-state index >= 15 is 0 Å². The number of carboxylic acid groups (broad SMARTS) is 2. The van der Waals surface area contributed by atoms with E-state index in [2.05, 4.69) is 5.32 Å². The Morgan fingerprint density at radius 2 is 1.45 bits per heavy atom. The molecular formula is C17H22N4O8. The molecule has 3 amide bonds. The molecule has 1 rings (SSSR count). The first-order valence-corrected chi connectivity index (χ1v) is 8.36. The molecule has 12 nitrogen and oxygen atoms in total. The normalized spacial score (nSPS) is 13.6. The molecule has 9 N–H and O–H groups in total. The maximum Gasteiger partial charge on any atom is 0.326 e. The largest absolute Gasteiger partial charge is 0.508 e. The summed E-state index contributed by atoms with van der Waals surface area (Å²) in [6.45, 7) is 0. The molecule has 29 heavy (non-hydrogen) atoms. The van der Waals surface area contributed by atoms with E-state index in [9.17, 15) is 29.1 Å². The van der Waals surface area contributed by atoms with E-state index in [0.717, 1.165) is 0 Å². The number of amides is 3. The summed E-state index contributed by atoms with van der Waals surface area (Å²) in [7, 11) is 0. The molecule has 0 aliphatic rings. The molecule has 0 heterocycles. The molecule has 12 heteroatoms. The molecule has 0 saturated carbocycles. The van der Waals surface area contributed by atoms with E-state index in [0.29, 0.717) is 5.56 Å². The summed E-state index contributed by atoms with van der Waals surface area (Å²) in [5.74, 6) is -5.92. The predicted octanol–water partition coefficient (Wildman–Crippen LogP) is -2.33. The van der Waals surface area contributed by atoms with Gasteiger partial charge < -0.3 is 37.4 Å². The maximum absolute atomic E-state index is 12.3. The number of hydrogen-bond donors (Lipinski definition) is 7. The van der Waals surface area contributed by atoms with Crippen molar-refractivity contribution in [2.45, 2.75) is 37.4 Å². The van der Waals surface area contributed by atoms with Gasteiger partial charge in [-0.2, -0.15) is 0 Å². The van der Waals surface area contributed by atoms with Crippen molar-refractivity contribution in [1.82, 2.24) is 10.6 Å². The number of rotatable bonds is 11. The van der Waals surface area contributed by atoms with Crippen molar-refractivity contribution in [3.05, 3.63) is 29.8 Å². The molecule has 0 unspecified atom stereocenters. The summed E-state index contributed by atoms with van der Waals surface area (Å²) < 4.78 is 0. The third-order valence-corrected chi connectivity index (χ3v) is 3.76. The highest BCUT2D eigenvalue weighted by Gasteiger charge is 2.30. The van der Waals surface area contributed by atoms with Gasteiger partial charge in [-0.25, -0.2) is 4.79 Å². The van der Waals surface area contributed by atoms with E-state index < -0.39 is 60.6 Å². The average molecular weight is 410 g/mol. The zero-order valence-electron chi connectivity index (χ0n) is 15.2. The number of benzene rings is 1. The Balaban J connectivity index is 2.82. The number of phenols is 1. The fourth-order valence-electron chi connectivity index (χ4n) is 2.31. The lowest BCUT2D eigenvalue weighted by Crippen LogP contribution is -2.55. The molecule has 1 aromatic carbocycles. The Labute approximate surface area is 164 Å². The van der Waals surface area contributed by atoms with Crippen LogP contribution in [0.3, 0.4) is 0 Å². The van der Waals surface area contributed by atoms with Crippen molar-refractivity contribution in [2.24, 2.45) is 11.5 Å². The van der Waals surface area contributed by atoms with E-state index in [1.54, 1.807) is 0 Å². The summed E-state index contributed by atoms with van der Waals surface area (Å²) in [5.41, 5.74) is 11.3. The van der Waals surface area contributed by atoms with Gasteiger partial charge in [-0.1, -0.05) is 12.1 Å². The molecule has 0 aliphatic heterocycles. The quantitative estimate of drug-likeness (QED) is 0.207. The summed E-state index contributed by atoms with van der Waals surface area (Å²) in [6.07, 6.45) is -1.52. The first-order valence-electron chi connectivity index (χ1n) is 8.36. The third-order valence-electron chi connectivity index (χ3n) is 3.76. The van der Waals surface area contributed by atoms with Crippen LogP contribution in [0.4, 0.5) is 0 Å². The number of primary amides is 1. The maximum atomic E-state index is 12.3. The number of aliphatic carboxylic acids is 2. The topological polar surface area (TPSA) is 222 Å². The van der Waals surface area contributed by atoms with Crippen LogP contribution in [0.1, 0.15) is 18.4 Å². The average Bonchev–Trinajstić information content (AvgIpc) is 2.61. The van der Waals surface area contributed by atoms with E-state index in [1.807, 2.05) is 5.32 Å². The fraction of sp³-hybridized carbons (Fsp3) is 0.353. The lowest BCUT2D eigenvalue weighted by molar-refractivity contribution is -0.144. The van der Waals surface area contributed by atoms with Gasteiger partial charge in [-0.05, 0) is 24.1 Å². The van der Waals surface area contributed by atoms with Gasteiger partial charge in [0.15, 0.2) is 0 Å². The smallest absolute Gasteiger partial charge is 0.326 e. The van der Waals surface area contributed by atoms with Crippen molar-refractivity contribution in [2.75, 3.05) is 0 Å². The number of carbonyl (C=O) groups is 5. The van der Waals surface area contributed by atoms with E-state index in [4.69, 9.17) is 21.7 Å². The molecule has 0 bridgehead atoms. The number of phenolic OH excluding ortho intramolecular Hbond substituents is 1. The lowest BCUT2D eigenvalue weighted by Gasteiger charge is -2.21. The van der Waals surface area contributed by atoms with Crippen LogP contribution in [0.15, 0.2) is 24.3 Å². The minimum atomic E-state index is -1.68. The number of carbonyl (C=O) groups excluding carboxylic acids is 3. The second-order valence-corrected chi connectivity index (χ2v) is 6.21. The van der Waals surface area contributed by atoms with Crippen LogP contribution in [0.25, 0.3) is 0 Å². The van der Waals surface area contributed by atoms with Crippen molar-refractivity contribution in [1.29, 1.82) is 0 Å². The SMILES string of the molecule is NC(=O)C[C@H](NC(=O)[C@H](CC(=O)O)NC(=O)[C@@H](N)Cc1ccc(O)cc1)C(=O)O. The first kappa shape index (κ1) is 23.4. The van der Waals surface area contributed by atoms with E-state index in [1.165, 1.54) is 24.3 Å². The number of carboxylic acids is 2. The summed E-state index contributed by atoms with van der Waals surface area (Å²) in [5, 5.41) is 31.4. The van der Waals surface area contributed by atoms with Crippen LogP contribution in [-0.4, -0.2) is 63.1 Å². The van der Waals surface area contributed by atoms with Crippen molar-refractivity contribution in [3.63, 3.8) is 0 Å². The highest BCUT2D eigenvalue weighted by atomic mass is 16.4. The molecule has 0 aliphatic carbocycles. The second kappa shape index (κ2) is 10.6. The van der Waals surface area contributed by atoms with Crippen LogP contribution < -0.4 is 22.1 Å². The van der Waals surface area contributed by atoms with Gasteiger partial charge >= 0.3 is 11.9 Å². The molecule has 0 fully saturated rings. The molecule has 158 valence electrons. The van der Waals surface area contributed by atoms with Crippen molar-refractivity contribution < 1.29 is 39.3 Å². The number of nitrogens with two attached hydrogens (primary N) is 2. The zero-order valence-corrected chi connectivity index (χ0v) is 15.2. The first-order chi connectivity index (χ1) is 13.5. The zero-order chi connectivity index (χ0) is 22.1. The monoisotopic (exact) mass is 410 g/mol. The Morgan fingerprint density at radius 3 is 1.93 bits per heavy atom. The molecular weight excluding hydrogens is 388 g/mol. The van der Waals surface area contributed by atoms with Gasteiger partial charge in [0.25, 0.3) is 0 Å². The Morgan fingerprint density at radius 1 is 0.897 bits per heavy atom. The van der Waals surface area contributed by atoms with Crippen LogP contribution >= 0.6 is 0 Å². The van der Waals surface area contributed by atoms with Gasteiger partial charge in [0.1, 0.15) is 17.8 Å². The van der Waals surface area contributed by atoms with Gasteiger partial charge in [0.05, 0.1) is 18.9 Å². The van der Waals surface area contributed by atoms with Gasteiger partial charge in [0, 0.05) is 0 Å². The van der Waals surface area contributed by atoms with Crippen LogP contribution in [0.5, 0.6) is 5.75 Å². The number of nitrogens with one attached hydrogen (secondary N) is 2. The molecule has 0 saturated heterocycles. The van der Waals surface area contributed by atoms with Gasteiger partial charge in [0.2, 0.25) is 17.7 Å². The van der Waals surface area contributed by atoms with Crippen LogP contribution in [0, 0.1) is 0 Å². The molecule has 3 atom stereocenters. The third kappa shape index (κ3) is 8.26. The number of aromatic hydroxyl groups is 1. The van der Waals surface area contributed by atoms with Crippen LogP contribution in [0.2, 0.25) is 0 Å². The predicted molar refractivity (Wildman–Crippen MR) is 97.3 cm³/mol. The van der Waals surface area contributed by atoms with Crippen LogP contribution in [-0.2, 0) is 30.4 Å². The van der Waals surface area contributed by atoms with Gasteiger partial charge in [-0.3, -0.25) is 19.2 Å². The fourth-order valence-corrected chi connectivity index (χ4v) is 2.31. The number of hydrogen-bond acceptors (Lipinski definition) is 7. The second-order valence-electron chi connectivity index (χ2n) is 6.21. The molecule has 0 aromatic heterocycles. The molecule has 0 radical (unpaired) electrons. The highest BCUT2D eigenvalue weighted by molar-refractivity contribution is 5.95. The van der Waals surface area contributed by atoms with E-state index in [-0.39, 0.29) is 12.2 Å². The molecule has 0 spiro atoms. The van der Waals surface area contributed by atoms with Crippen molar-refractivity contribution in [3.8, 4) is 5.75 Å². The summed E-state index contributed by atoms with van der Waals surface area (Å²) in [6, 6.07) is 1.40. The minimum absolute atomic E-state index is 0.0221.